The molecule has 0 saturated heterocycles. The summed E-state index contributed by atoms with van der Waals surface area (Å²) in [5, 5.41) is 21.9. The number of hydrogen-bond acceptors (Lipinski definition) is 3. The minimum atomic E-state index is -0.671. The fourth-order valence-electron chi connectivity index (χ4n) is 8.43. The van der Waals surface area contributed by atoms with Gasteiger partial charge in [0.2, 0.25) is 0 Å². The third-order valence-corrected chi connectivity index (χ3v) is 9.65. The van der Waals surface area contributed by atoms with Crippen molar-refractivity contribution in [3.05, 3.63) is 0 Å². The van der Waals surface area contributed by atoms with Gasteiger partial charge in [0.15, 0.2) is 0 Å². The number of carbonyl (C=O) groups excluding carboxylic acids is 1. The highest BCUT2D eigenvalue weighted by molar-refractivity contribution is 5.87. The standard InChI is InChI=1S/C21H32O3/c1-11-8-16(23)19(2)6-5-14-17(18(11)19)13-9-15(13)21(24)10-12(22)4-7-20(14,21)3/h11-15,17-18,22,24H,4-10H2,1-3H3/t11-,12+,13+,14?,15-,17?,18?,19-,20-,21-/m1/s1. The minimum absolute atomic E-state index is 0.0682. The van der Waals surface area contributed by atoms with Crippen LogP contribution in [-0.2, 0) is 4.79 Å². The van der Waals surface area contributed by atoms with E-state index in [0.29, 0.717) is 47.7 Å². The highest BCUT2D eigenvalue weighted by Crippen LogP contribution is 2.76. The van der Waals surface area contributed by atoms with Gasteiger partial charge in [-0.15, -0.1) is 0 Å². The van der Waals surface area contributed by atoms with Gasteiger partial charge in [-0.25, -0.2) is 0 Å². The van der Waals surface area contributed by atoms with E-state index in [1.807, 2.05) is 0 Å². The minimum Gasteiger partial charge on any atom is -0.393 e. The predicted molar refractivity (Wildman–Crippen MR) is 91.1 cm³/mol. The molecule has 0 heterocycles. The Morgan fingerprint density at radius 1 is 1.12 bits per heavy atom. The van der Waals surface area contributed by atoms with E-state index in [1.165, 1.54) is 0 Å². The quantitative estimate of drug-likeness (QED) is 0.716. The second kappa shape index (κ2) is 4.46. The van der Waals surface area contributed by atoms with Crippen molar-refractivity contribution >= 4 is 5.78 Å². The summed E-state index contributed by atoms with van der Waals surface area (Å²) in [5.41, 5.74) is -0.842. The Morgan fingerprint density at radius 3 is 2.62 bits per heavy atom. The monoisotopic (exact) mass is 332 g/mol. The van der Waals surface area contributed by atoms with E-state index < -0.39 is 5.60 Å². The second-order valence-electron chi connectivity index (χ2n) is 10.5. The molecule has 5 aliphatic rings. The van der Waals surface area contributed by atoms with Crippen molar-refractivity contribution in [1.82, 2.24) is 0 Å². The first-order valence-corrected chi connectivity index (χ1v) is 10.2. The molecule has 0 aromatic carbocycles. The number of rotatable bonds is 0. The summed E-state index contributed by atoms with van der Waals surface area (Å²) in [7, 11) is 0. The number of carbonyl (C=O) groups is 1. The van der Waals surface area contributed by atoms with E-state index >= 15 is 0 Å². The molecule has 5 saturated carbocycles. The van der Waals surface area contributed by atoms with Crippen molar-refractivity contribution in [2.24, 2.45) is 46.3 Å². The number of Topliss-reactive ketones (excluding diaryl/α,β-unsaturated/α-hetero) is 1. The van der Waals surface area contributed by atoms with Gasteiger partial charge in [-0.1, -0.05) is 20.8 Å². The first kappa shape index (κ1) is 15.8. The van der Waals surface area contributed by atoms with Crippen molar-refractivity contribution < 1.29 is 15.0 Å². The molecular formula is C21H32O3. The third kappa shape index (κ3) is 1.60. The second-order valence-corrected chi connectivity index (χ2v) is 10.5. The highest BCUT2D eigenvalue weighted by Gasteiger charge is 2.75. The largest absolute Gasteiger partial charge is 0.393 e. The molecule has 3 unspecified atom stereocenters. The number of fused-ring (bicyclic) bond motifs is 8. The molecule has 3 heteroatoms. The molecule has 0 bridgehead atoms. The van der Waals surface area contributed by atoms with Crippen LogP contribution in [0.15, 0.2) is 0 Å². The lowest BCUT2D eigenvalue weighted by Gasteiger charge is -2.63. The van der Waals surface area contributed by atoms with Crippen LogP contribution in [0.4, 0.5) is 0 Å². The van der Waals surface area contributed by atoms with E-state index in [4.69, 9.17) is 0 Å². The van der Waals surface area contributed by atoms with E-state index in [9.17, 15) is 15.0 Å². The van der Waals surface area contributed by atoms with Gasteiger partial charge in [-0.05, 0) is 73.0 Å². The van der Waals surface area contributed by atoms with Crippen LogP contribution in [-0.4, -0.2) is 27.7 Å². The van der Waals surface area contributed by atoms with Gasteiger partial charge in [0, 0.05) is 18.3 Å². The zero-order valence-electron chi connectivity index (χ0n) is 15.3. The van der Waals surface area contributed by atoms with Crippen LogP contribution in [0, 0.1) is 46.3 Å². The number of ketones is 1. The maximum atomic E-state index is 12.7. The van der Waals surface area contributed by atoms with Crippen LogP contribution < -0.4 is 0 Å². The molecule has 0 spiro atoms. The summed E-state index contributed by atoms with van der Waals surface area (Å²) in [6.07, 6.45) is 6.00. The van der Waals surface area contributed by atoms with Crippen LogP contribution in [0.5, 0.6) is 0 Å². The van der Waals surface area contributed by atoms with Crippen molar-refractivity contribution in [2.45, 2.75) is 77.4 Å². The van der Waals surface area contributed by atoms with Gasteiger partial charge in [0.05, 0.1) is 11.7 Å². The molecule has 0 amide bonds. The van der Waals surface area contributed by atoms with Crippen molar-refractivity contribution in [3.8, 4) is 0 Å². The molecule has 24 heavy (non-hydrogen) atoms. The molecule has 5 fully saturated rings. The molecule has 10 atom stereocenters. The summed E-state index contributed by atoms with van der Waals surface area (Å²) in [6.45, 7) is 6.85. The molecule has 5 aliphatic carbocycles. The van der Waals surface area contributed by atoms with Crippen molar-refractivity contribution in [1.29, 1.82) is 0 Å². The molecule has 2 N–H and O–H groups in total. The SMILES string of the molecule is C[C@@H]1CC(=O)[C@@]2(C)CCC3C(C12)[C@H]1C[C@H]1[C@]1(O)C[C@@H](O)CC[C@]31C. The molecular weight excluding hydrogens is 300 g/mol. The van der Waals surface area contributed by atoms with Crippen LogP contribution in [0.2, 0.25) is 0 Å². The number of hydrogen-bond donors (Lipinski definition) is 2. The van der Waals surface area contributed by atoms with Gasteiger partial charge < -0.3 is 10.2 Å². The lowest BCUT2D eigenvalue weighted by atomic mass is 9.43. The van der Waals surface area contributed by atoms with Crippen LogP contribution in [0.3, 0.4) is 0 Å². The van der Waals surface area contributed by atoms with E-state index in [2.05, 4.69) is 20.8 Å². The predicted octanol–water partition coefficient (Wildman–Crippen LogP) is 3.18. The Balaban J connectivity index is 1.58. The fourth-order valence-corrected chi connectivity index (χ4v) is 8.43. The van der Waals surface area contributed by atoms with E-state index in [0.717, 1.165) is 38.5 Å². The molecule has 0 aromatic heterocycles. The molecule has 134 valence electrons. The topological polar surface area (TPSA) is 57.5 Å². The van der Waals surface area contributed by atoms with Gasteiger partial charge in [-0.2, -0.15) is 0 Å². The lowest BCUT2D eigenvalue weighted by Crippen LogP contribution is -2.64. The molecule has 0 aromatic rings. The highest BCUT2D eigenvalue weighted by atomic mass is 16.3. The third-order valence-electron chi connectivity index (χ3n) is 9.65. The maximum Gasteiger partial charge on any atom is 0.139 e. The van der Waals surface area contributed by atoms with E-state index in [1.54, 1.807) is 0 Å². The van der Waals surface area contributed by atoms with Gasteiger partial charge in [0.1, 0.15) is 5.78 Å². The summed E-state index contributed by atoms with van der Waals surface area (Å²) in [6, 6.07) is 0. The van der Waals surface area contributed by atoms with Gasteiger partial charge in [-0.3, -0.25) is 4.79 Å². The zero-order chi connectivity index (χ0) is 17.1. The Kier molecular flexibility index (Phi) is 2.94. The van der Waals surface area contributed by atoms with Crippen molar-refractivity contribution in [3.63, 3.8) is 0 Å². The first-order chi connectivity index (χ1) is 11.2. The first-order valence-electron chi connectivity index (χ1n) is 10.2. The van der Waals surface area contributed by atoms with Crippen LogP contribution in [0.25, 0.3) is 0 Å². The maximum absolute atomic E-state index is 12.7. The average molecular weight is 332 g/mol. The fraction of sp³-hybridized carbons (Fsp3) is 0.952. The number of aliphatic hydroxyl groups excluding tert-OH is 1. The summed E-state index contributed by atoms with van der Waals surface area (Å²) < 4.78 is 0. The average Bonchev–Trinajstić information content (AvgIpc) is 3.27. The van der Waals surface area contributed by atoms with Gasteiger partial charge in [0.25, 0.3) is 0 Å². The lowest BCUT2D eigenvalue weighted by molar-refractivity contribution is -0.226. The summed E-state index contributed by atoms with van der Waals surface area (Å²) >= 11 is 0. The molecule has 0 aliphatic heterocycles. The summed E-state index contributed by atoms with van der Waals surface area (Å²) in [4.78, 5) is 12.7. The van der Waals surface area contributed by atoms with Crippen LogP contribution in [0.1, 0.15) is 65.7 Å². The Hall–Kier alpha value is -0.410. The number of aliphatic hydroxyl groups is 2. The molecule has 3 nitrogen and oxygen atoms in total. The van der Waals surface area contributed by atoms with Gasteiger partial charge >= 0.3 is 0 Å². The Labute approximate surface area is 145 Å². The smallest absolute Gasteiger partial charge is 0.139 e. The van der Waals surface area contributed by atoms with Crippen LogP contribution >= 0.6 is 0 Å². The van der Waals surface area contributed by atoms with Crippen molar-refractivity contribution in [2.75, 3.05) is 0 Å². The summed E-state index contributed by atoms with van der Waals surface area (Å²) in [5.74, 6) is 3.63. The Morgan fingerprint density at radius 2 is 1.88 bits per heavy atom. The van der Waals surface area contributed by atoms with E-state index in [-0.39, 0.29) is 16.9 Å². The Bertz CT molecular complexity index is 602. The normalized spacial score (nSPS) is 64.7. The molecule has 5 rings (SSSR count). The zero-order valence-corrected chi connectivity index (χ0v) is 15.3. The molecule has 0 radical (unpaired) electrons.